The molecule has 1 aromatic carbocycles. The van der Waals surface area contributed by atoms with Crippen LogP contribution in [0.2, 0.25) is 0 Å². The van der Waals surface area contributed by atoms with E-state index in [-0.39, 0.29) is 24.2 Å². The number of nitrogens with one attached hydrogen (secondary N) is 1. The largest absolute Gasteiger partial charge is 0.364 e. The third kappa shape index (κ3) is 2.76. The summed E-state index contributed by atoms with van der Waals surface area (Å²) >= 11 is 1.46. The van der Waals surface area contributed by atoms with Crippen molar-refractivity contribution in [3.63, 3.8) is 0 Å². The molecule has 7 nitrogen and oxygen atoms in total. The molecule has 8 heteroatoms. The predicted octanol–water partition coefficient (Wildman–Crippen LogP) is 1.95. The molecule has 3 heterocycles. The van der Waals surface area contributed by atoms with Gasteiger partial charge < -0.3 is 9.84 Å². The number of hydrogen-bond acceptors (Lipinski definition) is 6. The Morgan fingerprint density at radius 3 is 3.04 bits per heavy atom. The number of nitrogens with zero attached hydrogens (tertiary/aromatic N) is 3. The minimum Gasteiger partial charge on any atom is -0.364 e. The third-order valence-corrected chi connectivity index (χ3v) is 5.00. The van der Waals surface area contributed by atoms with Crippen LogP contribution in [0.25, 0.3) is 10.2 Å². The lowest BCUT2D eigenvalue weighted by atomic mass is 10.1. The average molecular weight is 342 g/mol. The standard InChI is InChI=1S/C16H14N4O3S/c21-14-7-10(15(22)17-8-11-5-6-23-19-11)9-20(14)16-18-12-3-1-2-4-13(12)24-16/h1-6,10H,7-9H2,(H,17,22). The highest BCUT2D eigenvalue weighted by Gasteiger charge is 2.36. The second-order valence-electron chi connectivity index (χ2n) is 5.58. The van der Waals surface area contributed by atoms with Gasteiger partial charge in [-0.15, -0.1) is 0 Å². The van der Waals surface area contributed by atoms with Crippen LogP contribution in [0, 0.1) is 5.92 Å². The van der Waals surface area contributed by atoms with E-state index in [0.29, 0.717) is 23.9 Å². The van der Waals surface area contributed by atoms with Crippen LogP contribution in [0.5, 0.6) is 0 Å². The number of thiazole rings is 1. The molecule has 4 rings (SSSR count). The molecule has 1 aliphatic heterocycles. The lowest BCUT2D eigenvalue weighted by Crippen LogP contribution is -2.32. The third-order valence-electron chi connectivity index (χ3n) is 3.94. The highest BCUT2D eigenvalue weighted by Crippen LogP contribution is 2.32. The molecule has 2 amide bonds. The second-order valence-corrected chi connectivity index (χ2v) is 6.59. The topological polar surface area (TPSA) is 88.3 Å². The molecule has 0 spiro atoms. The van der Waals surface area contributed by atoms with Crippen molar-refractivity contribution < 1.29 is 14.1 Å². The Morgan fingerprint density at radius 2 is 2.25 bits per heavy atom. The number of carbonyl (C=O) groups excluding carboxylic acids is 2. The van der Waals surface area contributed by atoms with Crippen LogP contribution in [-0.2, 0) is 16.1 Å². The molecule has 1 saturated heterocycles. The van der Waals surface area contributed by atoms with Gasteiger partial charge in [-0.1, -0.05) is 28.6 Å². The number of benzene rings is 1. The van der Waals surface area contributed by atoms with E-state index in [1.165, 1.54) is 17.6 Å². The summed E-state index contributed by atoms with van der Waals surface area (Å²) in [7, 11) is 0. The molecule has 1 N–H and O–H groups in total. The molecule has 122 valence electrons. The van der Waals surface area contributed by atoms with Crippen molar-refractivity contribution in [2.24, 2.45) is 5.92 Å². The maximum atomic E-state index is 12.3. The summed E-state index contributed by atoms with van der Waals surface area (Å²) in [6.07, 6.45) is 1.65. The summed E-state index contributed by atoms with van der Waals surface area (Å²) in [6.45, 7) is 0.643. The molecule has 3 aromatic rings. The highest BCUT2D eigenvalue weighted by atomic mass is 32.1. The molecule has 1 unspecified atom stereocenters. The molecule has 1 atom stereocenters. The number of anilines is 1. The summed E-state index contributed by atoms with van der Waals surface area (Å²) in [5.41, 5.74) is 1.51. The molecule has 0 aliphatic carbocycles. The minimum absolute atomic E-state index is 0.0735. The van der Waals surface area contributed by atoms with Crippen LogP contribution in [0.4, 0.5) is 5.13 Å². The molecule has 2 aromatic heterocycles. The summed E-state index contributed by atoms with van der Waals surface area (Å²) in [5.74, 6) is -0.609. The van der Waals surface area contributed by atoms with E-state index in [1.807, 2.05) is 24.3 Å². The lowest BCUT2D eigenvalue weighted by molar-refractivity contribution is -0.126. The Hall–Kier alpha value is -2.74. The normalized spacial score (nSPS) is 17.6. The van der Waals surface area contributed by atoms with Gasteiger partial charge in [0.15, 0.2) is 5.13 Å². The number of rotatable bonds is 4. The fraction of sp³-hybridized carbons (Fsp3) is 0.250. The van der Waals surface area contributed by atoms with Crippen molar-refractivity contribution in [3.05, 3.63) is 42.3 Å². The van der Waals surface area contributed by atoms with Gasteiger partial charge in [0.1, 0.15) is 12.0 Å². The molecular formula is C16H14N4O3S. The first kappa shape index (κ1) is 14.8. The van der Waals surface area contributed by atoms with Crippen LogP contribution in [0.15, 0.2) is 41.1 Å². The predicted molar refractivity (Wildman–Crippen MR) is 88.4 cm³/mol. The van der Waals surface area contributed by atoms with Crippen LogP contribution in [-0.4, -0.2) is 28.5 Å². The number of aromatic nitrogens is 2. The van der Waals surface area contributed by atoms with Crippen LogP contribution >= 0.6 is 11.3 Å². The van der Waals surface area contributed by atoms with E-state index in [4.69, 9.17) is 4.52 Å². The lowest BCUT2D eigenvalue weighted by Gasteiger charge is -2.12. The van der Waals surface area contributed by atoms with Crippen molar-refractivity contribution in [3.8, 4) is 0 Å². The Bertz CT molecular complexity index is 857. The summed E-state index contributed by atoms with van der Waals surface area (Å²) in [4.78, 5) is 30.7. The van der Waals surface area contributed by atoms with E-state index in [0.717, 1.165) is 10.2 Å². The Morgan fingerprint density at radius 1 is 1.38 bits per heavy atom. The van der Waals surface area contributed by atoms with E-state index in [1.54, 1.807) is 11.0 Å². The number of amides is 2. The fourth-order valence-electron chi connectivity index (χ4n) is 2.69. The van der Waals surface area contributed by atoms with Crippen molar-refractivity contribution in [1.82, 2.24) is 15.5 Å². The van der Waals surface area contributed by atoms with Crippen LogP contribution < -0.4 is 10.2 Å². The van der Waals surface area contributed by atoms with Crippen molar-refractivity contribution in [2.75, 3.05) is 11.4 Å². The summed E-state index contributed by atoms with van der Waals surface area (Å²) in [6, 6.07) is 9.43. The van der Waals surface area contributed by atoms with Crippen molar-refractivity contribution >= 4 is 38.5 Å². The van der Waals surface area contributed by atoms with Crippen molar-refractivity contribution in [2.45, 2.75) is 13.0 Å². The van der Waals surface area contributed by atoms with Gasteiger partial charge in [-0.3, -0.25) is 14.5 Å². The van der Waals surface area contributed by atoms with E-state index < -0.39 is 0 Å². The van der Waals surface area contributed by atoms with E-state index in [9.17, 15) is 9.59 Å². The maximum absolute atomic E-state index is 12.3. The first-order valence-electron chi connectivity index (χ1n) is 7.53. The molecule has 0 saturated carbocycles. The average Bonchev–Trinajstić information content (AvgIpc) is 3.31. The SMILES string of the molecule is O=C(NCc1ccon1)C1CC(=O)N(c2nc3ccccc3s2)C1. The first-order chi connectivity index (χ1) is 11.7. The first-order valence-corrected chi connectivity index (χ1v) is 8.35. The minimum atomic E-state index is -0.378. The van der Waals surface area contributed by atoms with E-state index in [2.05, 4.69) is 15.5 Å². The van der Waals surface area contributed by atoms with E-state index >= 15 is 0 Å². The van der Waals surface area contributed by atoms with Gasteiger partial charge >= 0.3 is 0 Å². The van der Waals surface area contributed by atoms with Crippen LogP contribution in [0.1, 0.15) is 12.1 Å². The quantitative estimate of drug-likeness (QED) is 0.783. The maximum Gasteiger partial charge on any atom is 0.229 e. The van der Waals surface area contributed by atoms with Gasteiger partial charge in [-0.2, -0.15) is 0 Å². The molecule has 24 heavy (non-hydrogen) atoms. The summed E-state index contributed by atoms with van der Waals surface area (Å²) < 4.78 is 5.75. The molecule has 1 fully saturated rings. The van der Waals surface area contributed by atoms with Gasteiger partial charge in [-0.25, -0.2) is 4.98 Å². The van der Waals surface area contributed by atoms with Gasteiger partial charge in [0.25, 0.3) is 0 Å². The number of fused-ring (bicyclic) bond motifs is 1. The molecular weight excluding hydrogens is 328 g/mol. The second kappa shape index (κ2) is 6.04. The molecule has 0 bridgehead atoms. The zero-order valence-electron chi connectivity index (χ0n) is 12.6. The summed E-state index contributed by atoms with van der Waals surface area (Å²) in [5, 5.41) is 7.18. The number of para-hydroxylation sites is 1. The zero-order chi connectivity index (χ0) is 16.5. The number of carbonyl (C=O) groups is 2. The number of hydrogen-bond donors (Lipinski definition) is 1. The highest BCUT2D eigenvalue weighted by molar-refractivity contribution is 7.22. The smallest absolute Gasteiger partial charge is 0.229 e. The Balaban J connectivity index is 1.45. The fourth-order valence-corrected chi connectivity index (χ4v) is 3.69. The molecule has 1 aliphatic rings. The van der Waals surface area contributed by atoms with Crippen LogP contribution in [0.3, 0.4) is 0 Å². The van der Waals surface area contributed by atoms with Gasteiger partial charge in [0.05, 0.1) is 22.7 Å². The Kier molecular flexibility index (Phi) is 3.73. The zero-order valence-corrected chi connectivity index (χ0v) is 13.5. The van der Waals surface area contributed by atoms with Gasteiger partial charge in [-0.05, 0) is 12.1 Å². The van der Waals surface area contributed by atoms with Gasteiger partial charge in [0, 0.05) is 19.0 Å². The van der Waals surface area contributed by atoms with Crippen molar-refractivity contribution in [1.29, 1.82) is 0 Å². The molecule has 0 radical (unpaired) electrons. The van der Waals surface area contributed by atoms with Gasteiger partial charge in [0.2, 0.25) is 11.8 Å². The Labute approximate surface area is 141 Å². The monoisotopic (exact) mass is 342 g/mol.